The van der Waals surface area contributed by atoms with Crippen LogP contribution in [0.3, 0.4) is 0 Å². The van der Waals surface area contributed by atoms with Crippen LogP contribution in [0.5, 0.6) is 11.5 Å². The van der Waals surface area contributed by atoms with Crippen LogP contribution in [-0.4, -0.2) is 21.3 Å². The van der Waals surface area contributed by atoms with Crippen LogP contribution in [0.2, 0.25) is 0 Å². The number of hydrogen-bond donors (Lipinski definition) is 6. The largest absolute Gasteiger partial charge is 0.508 e. The Kier molecular flexibility index (Phi) is 13.2. The van der Waals surface area contributed by atoms with Crippen LogP contribution in [0, 0.1) is 13.8 Å². The van der Waals surface area contributed by atoms with Gasteiger partial charge < -0.3 is 31.7 Å². The average molecular weight is 764 g/mol. The Labute approximate surface area is 339 Å². The van der Waals surface area contributed by atoms with E-state index in [9.17, 15) is 20.1 Å². The average Bonchev–Trinajstić information content (AvgIpc) is 3.24. The molecule has 0 bridgehead atoms. The molecule has 0 aliphatic rings. The second-order valence-corrected chi connectivity index (χ2v) is 13.6. The Hall–Kier alpha value is -7.77. The number of carboxylic acids is 1. The van der Waals surface area contributed by atoms with Gasteiger partial charge in [-0.05, 0) is 107 Å². The van der Waals surface area contributed by atoms with Gasteiger partial charge in [-0.2, -0.15) is 0 Å². The number of nitrogens with two attached hydrogens (primary N) is 1. The molecule has 7 N–H and O–H groups in total. The molecule has 0 amide bonds. The third-order valence-corrected chi connectivity index (χ3v) is 9.34. The first kappa shape index (κ1) is 39.9. The van der Waals surface area contributed by atoms with Gasteiger partial charge in [-0.25, -0.2) is 4.79 Å². The molecule has 0 aromatic heterocycles. The van der Waals surface area contributed by atoms with Gasteiger partial charge in [0.25, 0.3) is 0 Å². The van der Waals surface area contributed by atoms with Crippen molar-refractivity contribution in [2.24, 2.45) is 0 Å². The lowest BCUT2D eigenvalue weighted by atomic mass is 10.0. The van der Waals surface area contributed by atoms with E-state index in [0.717, 1.165) is 39.3 Å². The van der Waals surface area contributed by atoms with Crippen LogP contribution < -0.4 is 16.4 Å². The maximum Gasteiger partial charge on any atom is 0.337 e. The molecule has 0 saturated heterocycles. The maximum absolute atomic E-state index is 11.4. The van der Waals surface area contributed by atoms with Gasteiger partial charge in [0.15, 0.2) is 0 Å². The number of carboxylic acid groups (broad SMARTS) is 1. The summed E-state index contributed by atoms with van der Waals surface area (Å²) in [5, 5.41) is 34.9. The van der Waals surface area contributed by atoms with Gasteiger partial charge in [0.05, 0.1) is 11.3 Å². The molecule has 0 spiro atoms. The van der Waals surface area contributed by atoms with Crippen molar-refractivity contribution in [3.05, 3.63) is 211 Å². The molecule has 7 nitrogen and oxygen atoms in total. The lowest BCUT2D eigenvalue weighted by Crippen LogP contribution is -2.03. The minimum atomic E-state index is -1.01. The van der Waals surface area contributed by atoms with Crippen LogP contribution in [0.15, 0.2) is 194 Å². The smallest absolute Gasteiger partial charge is 0.337 e. The molecule has 0 heterocycles. The Balaban J connectivity index is 0.000000151. The zero-order valence-electron chi connectivity index (χ0n) is 32.3. The van der Waals surface area contributed by atoms with Gasteiger partial charge in [0, 0.05) is 34.9 Å². The minimum Gasteiger partial charge on any atom is -0.508 e. The molecule has 0 aliphatic carbocycles. The van der Waals surface area contributed by atoms with Crippen LogP contribution in [-0.2, 0) is 0 Å². The number of rotatable bonds is 8. The third kappa shape index (κ3) is 10.9. The van der Waals surface area contributed by atoms with Crippen molar-refractivity contribution in [2.45, 2.75) is 13.8 Å². The number of anilines is 5. The molecule has 58 heavy (non-hydrogen) atoms. The van der Waals surface area contributed by atoms with Crippen LogP contribution in [0.25, 0.3) is 33.4 Å². The molecule has 0 aliphatic heterocycles. The monoisotopic (exact) mass is 763 g/mol. The molecule has 0 fully saturated rings. The lowest BCUT2D eigenvalue weighted by Gasteiger charge is -2.12. The van der Waals surface area contributed by atoms with Crippen LogP contribution >= 0.6 is 0 Å². The van der Waals surface area contributed by atoms with E-state index in [1.54, 1.807) is 54.6 Å². The van der Waals surface area contributed by atoms with E-state index >= 15 is 0 Å². The Morgan fingerprint density at radius 3 is 1.29 bits per heavy atom. The first-order valence-electron chi connectivity index (χ1n) is 18.8. The van der Waals surface area contributed by atoms with Crippen molar-refractivity contribution in [1.82, 2.24) is 0 Å². The molecule has 8 aromatic carbocycles. The number of benzene rings is 8. The van der Waals surface area contributed by atoms with Crippen LogP contribution in [0.4, 0.5) is 28.4 Å². The van der Waals surface area contributed by atoms with Gasteiger partial charge in [0.1, 0.15) is 11.5 Å². The summed E-state index contributed by atoms with van der Waals surface area (Å²) >= 11 is 0. The van der Waals surface area contributed by atoms with E-state index in [1.165, 1.54) is 22.3 Å². The van der Waals surface area contributed by atoms with E-state index in [0.29, 0.717) is 11.4 Å². The predicted molar refractivity (Wildman–Crippen MR) is 239 cm³/mol. The summed E-state index contributed by atoms with van der Waals surface area (Å²) in [7, 11) is 0. The quantitative estimate of drug-likeness (QED) is 0.0850. The summed E-state index contributed by atoms with van der Waals surface area (Å²) in [5.74, 6) is -0.629. The second-order valence-electron chi connectivity index (χ2n) is 13.6. The number of aromatic carboxylic acids is 1. The summed E-state index contributed by atoms with van der Waals surface area (Å²) in [6, 6.07) is 61.7. The molecular weight excluding hydrogens is 719 g/mol. The van der Waals surface area contributed by atoms with E-state index in [2.05, 4.69) is 72.2 Å². The number of nitrogen functional groups attached to an aromatic ring is 1. The van der Waals surface area contributed by atoms with Crippen molar-refractivity contribution in [2.75, 3.05) is 16.4 Å². The molecule has 8 rings (SSSR count). The Morgan fingerprint density at radius 2 is 0.845 bits per heavy atom. The lowest BCUT2D eigenvalue weighted by molar-refractivity contribution is 0.0698. The van der Waals surface area contributed by atoms with Crippen molar-refractivity contribution < 1.29 is 20.1 Å². The summed E-state index contributed by atoms with van der Waals surface area (Å²) in [5.41, 5.74) is 18.9. The fourth-order valence-corrected chi connectivity index (χ4v) is 6.14. The standard InChI is InChI=1S/C19H15NO3.C19H17NO.C13H13N/c21-16-8-4-7-15(12-16)20-18-11-14(9-10-17(18)19(22)23)13-5-2-1-3-6-13;1-14-10-11-16(15-6-3-2-4-7-15)12-19(14)20-17-8-5-9-18(21)13-17;1-10-7-8-12(9-13(10)14)11-5-3-2-4-6-11/h1-12,20-21H,(H,22,23);2-13,20-21H,1H3;2-9H,14H2,1H3. The first-order valence-corrected chi connectivity index (χ1v) is 18.8. The molecule has 0 atom stereocenters. The van der Waals surface area contributed by atoms with E-state index in [4.69, 9.17) is 5.73 Å². The van der Waals surface area contributed by atoms with Gasteiger partial charge in [-0.3, -0.25) is 0 Å². The number of phenolic OH excluding ortho intramolecular Hbond substituents is 2. The van der Waals surface area contributed by atoms with Gasteiger partial charge in [-0.1, -0.05) is 133 Å². The zero-order chi connectivity index (χ0) is 40.9. The summed E-state index contributed by atoms with van der Waals surface area (Å²) in [4.78, 5) is 11.4. The zero-order valence-corrected chi connectivity index (χ0v) is 32.3. The normalized spacial score (nSPS) is 10.2. The van der Waals surface area contributed by atoms with Crippen molar-refractivity contribution >= 4 is 34.4 Å². The Morgan fingerprint density at radius 1 is 0.431 bits per heavy atom. The third-order valence-electron chi connectivity index (χ3n) is 9.34. The molecule has 0 saturated carbocycles. The molecule has 288 valence electrons. The highest BCUT2D eigenvalue weighted by Gasteiger charge is 2.12. The van der Waals surface area contributed by atoms with Gasteiger partial charge >= 0.3 is 5.97 Å². The number of phenols is 2. The maximum atomic E-state index is 11.4. The number of hydrogen-bond acceptors (Lipinski definition) is 6. The second kappa shape index (κ2) is 19.2. The fourth-order valence-electron chi connectivity index (χ4n) is 6.14. The van der Waals surface area contributed by atoms with Gasteiger partial charge in [-0.15, -0.1) is 0 Å². The van der Waals surface area contributed by atoms with Crippen molar-refractivity contribution in [1.29, 1.82) is 0 Å². The fraction of sp³-hybridized carbons (Fsp3) is 0.0392. The molecule has 8 aromatic rings. The molecule has 0 radical (unpaired) electrons. The Bertz CT molecular complexity index is 2590. The molecule has 0 unspecified atom stereocenters. The van der Waals surface area contributed by atoms with E-state index in [-0.39, 0.29) is 17.1 Å². The van der Waals surface area contributed by atoms with Crippen molar-refractivity contribution in [3.8, 4) is 44.9 Å². The van der Waals surface area contributed by atoms with Crippen LogP contribution in [0.1, 0.15) is 21.5 Å². The van der Waals surface area contributed by atoms with E-state index in [1.807, 2.05) is 91.9 Å². The summed E-state index contributed by atoms with van der Waals surface area (Å²) < 4.78 is 0. The van der Waals surface area contributed by atoms with Crippen molar-refractivity contribution in [3.63, 3.8) is 0 Å². The first-order chi connectivity index (χ1) is 28.1. The number of carbonyl (C=O) groups is 1. The van der Waals surface area contributed by atoms with E-state index < -0.39 is 5.97 Å². The summed E-state index contributed by atoms with van der Waals surface area (Å²) in [6.45, 7) is 4.09. The summed E-state index contributed by atoms with van der Waals surface area (Å²) in [6.07, 6.45) is 0. The molecule has 7 heteroatoms. The highest BCUT2D eigenvalue weighted by atomic mass is 16.4. The number of aromatic hydroxyl groups is 2. The number of nitrogens with one attached hydrogen (secondary N) is 2. The minimum absolute atomic E-state index is 0.117. The van der Waals surface area contributed by atoms with Gasteiger partial charge in [0.2, 0.25) is 0 Å². The predicted octanol–water partition coefficient (Wildman–Crippen LogP) is 12.9. The molecular formula is C51H45N3O4. The highest BCUT2D eigenvalue weighted by molar-refractivity contribution is 5.96. The highest BCUT2D eigenvalue weighted by Crippen LogP contribution is 2.31. The SMILES string of the molecule is Cc1ccc(-c2ccccc2)cc1N.Cc1ccc(-c2ccccc2)cc1Nc1cccc(O)c1.O=C(O)c1ccc(-c2ccccc2)cc1Nc1cccc(O)c1. The number of aryl methyl sites for hydroxylation is 2. The topological polar surface area (TPSA) is 128 Å².